The summed E-state index contributed by atoms with van der Waals surface area (Å²) in [5.41, 5.74) is 1.79. The van der Waals surface area contributed by atoms with E-state index in [1.54, 1.807) is 12.3 Å². The Kier molecular flexibility index (Phi) is 10.7. The maximum Gasteiger partial charge on any atom is 0.247 e. The van der Waals surface area contributed by atoms with Gasteiger partial charge in [0.15, 0.2) is 0 Å². The highest BCUT2D eigenvalue weighted by Crippen LogP contribution is 2.21. The van der Waals surface area contributed by atoms with Gasteiger partial charge in [0.1, 0.15) is 23.9 Å². The molecule has 2 aromatic rings. The summed E-state index contributed by atoms with van der Waals surface area (Å²) in [7, 11) is 3.71. The van der Waals surface area contributed by atoms with Gasteiger partial charge in [-0.25, -0.2) is 0 Å². The molecule has 8 nitrogen and oxygen atoms in total. The van der Waals surface area contributed by atoms with Crippen molar-refractivity contribution in [1.82, 2.24) is 20.9 Å². The van der Waals surface area contributed by atoms with Crippen LogP contribution in [0.5, 0.6) is 5.75 Å². The predicted molar refractivity (Wildman–Crippen MR) is 154 cm³/mol. The van der Waals surface area contributed by atoms with Crippen molar-refractivity contribution < 1.29 is 19.1 Å². The lowest BCUT2D eigenvalue weighted by Crippen LogP contribution is -2.62. The molecular weight excluding hydrogens is 492 g/mol. The van der Waals surface area contributed by atoms with E-state index in [1.165, 1.54) is 0 Å². The molecule has 2 heterocycles. The smallest absolute Gasteiger partial charge is 0.247 e. The zero-order valence-corrected chi connectivity index (χ0v) is 23.8. The van der Waals surface area contributed by atoms with E-state index in [2.05, 4.69) is 29.8 Å². The third-order valence-electron chi connectivity index (χ3n) is 6.76. The molecule has 4 rings (SSSR count). The number of likely N-dealkylation sites (N-methyl/N-ethyl adjacent to an activating group) is 1. The second-order valence-corrected chi connectivity index (χ2v) is 11.1. The first-order chi connectivity index (χ1) is 18.5. The monoisotopic (exact) mass is 534 g/mol. The van der Waals surface area contributed by atoms with E-state index in [4.69, 9.17) is 4.74 Å². The molecule has 39 heavy (non-hydrogen) atoms. The second-order valence-electron chi connectivity index (χ2n) is 11.1. The van der Waals surface area contributed by atoms with Crippen molar-refractivity contribution in [3.8, 4) is 5.75 Å². The average molecular weight is 535 g/mol. The first kappa shape index (κ1) is 29.9. The van der Waals surface area contributed by atoms with Gasteiger partial charge in [-0.15, -0.1) is 0 Å². The van der Waals surface area contributed by atoms with E-state index >= 15 is 0 Å². The van der Waals surface area contributed by atoms with Gasteiger partial charge in [-0.2, -0.15) is 0 Å². The largest absolute Gasteiger partial charge is 0.487 e. The average Bonchev–Trinajstić information content (AvgIpc) is 2.89. The molecule has 2 aliphatic rings. The molecule has 3 amide bonds. The van der Waals surface area contributed by atoms with Crippen molar-refractivity contribution in [2.24, 2.45) is 11.8 Å². The van der Waals surface area contributed by atoms with Crippen molar-refractivity contribution in [1.29, 1.82) is 0 Å². The van der Waals surface area contributed by atoms with Crippen molar-refractivity contribution in [3.05, 3.63) is 71.9 Å². The van der Waals surface area contributed by atoms with Crippen LogP contribution in [0, 0.1) is 11.8 Å². The van der Waals surface area contributed by atoms with Gasteiger partial charge in [0.2, 0.25) is 17.7 Å². The number of amides is 3. The molecular formula is C31H42N4O4. The van der Waals surface area contributed by atoms with Gasteiger partial charge < -0.3 is 20.7 Å². The minimum Gasteiger partial charge on any atom is -0.487 e. The molecule has 8 heteroatoms. The quantitative estimate of drug-likeness (QED) is 0.482. The molecule has 210 valence electrons. The minimum atomic E-state index is -1.03. The van der Waals surface area contributed by atoms with E-state index in [0.717, 1.165) is 11.1 Å². The number of hydrogen-bond acceptors (Lipinski definition) is 5. The van der Waals surface area contributed by atoms with E-state index in [0.29, 0.717) is 18.6 Å². The maximum absolute atomic E-state index is 13.9. The van der Waals surface area contributed by atoms with Crippen LogP contribution < -0.4 is 20.7 Å². The standard InChI is InChI=1S/C31H42N4O4/c1-20(2)18-26(35(5)6)30(37)34-27-28(21(3)4)39-24-14-12-22(13-15-24)16-17-32-29(36)25(33-31(27)38)19-23-10-8-7-9-11-23/h7-17,20-21,25-28H,18-19H2,1-6H3,(H,32,36)(H,33,38)(H,34,37)/t25-,26-,27-,28+/m0/s1. The molecule has 0 fully saturated rings. The number of hydrogen-bond donors (Lipinski definition) is 3. The summed E-state index contributed by atoms with van der Waals surface area (Å²) < 4.78 is 6.35. The van der Waals surface area contributed by atoms with Gasteiger partial charge in [-0.3, -0.25) is 19.3 Å². The highest BCUT2D eigenvalue weighted by Gasteiger charge is 2.38. The Labute approximate surface area is 232 Å². The van der Waals surface area contributed by atoms with Gasteiger partial charge >= 0.3 is 0 Å². The molecule has 0 saturated heterocycles. The summed E-state index contributed by atoms with van der Waals surface area (Å²) in [5, 5.41) is 8.71. The highest BCUT2D eigenvalue weighted by molar-refractivity contribution is 5.94. The predicted octanol–water partition coefficient (Wildman–Crippen LogP) is 3.38. The summed E-state index contributed by atoms with van der Waals surface area (Å²) in [4.78, 5) is 42.6. The summed E-state index contributed by atoms with van der Waals surface area (Å²) in [6, 6.07) is 14.6. The van der Waals surface area contributed by atoms with Crippen LogP contribution in [-0.4, -0.2) is 60.9 Å². The molecule has 3 N–H and O–H groups in total. The molecule has 0 unspecified atom stereocenters. The fourth-order valence-corrected chi connectivity index (χ4v) is 4.59. The number of carbonyl (C=O) groups is 3. The first-order valence-corrected chi connectivity index (χ1v) is 13.6. The van der Waals surface area contributed by atoms with Crippen LogP contribution in [0.1, 0.15) is 45.2 Å². The number of fused-ring (bicyclic) bond motifs is 10. The Morgan fingerprint density at radius 1 is 0.974 bits per heavy atom. The summed E-state index contributed by atoms with van der Waals surface area (Å²) in [6.45, 7) is 8.01. The van der Waals surface area contributed by atoms with Gasteiger partial charge in [-0.1, -0.05) is 70.2 Å². The number of benzene rings is 2. The SMILES string of the molecule is CC(C)C[C@@H](C(=O)N[C@@H]1C(=O)N[C@@H](Cc2ccccc2)C(=O)NC=Cc2ccc(cc2)O[C@@H]1C(C)C)N(C)C. The van der Waals surface area contributed by atoms with Gasteiger partial charge in [0.25, 0.3) is 0 Å². The van der Waals surface area contributed by atoms with Crippen LogP contribution >= 0.6 is 0 Å². The lowest BCUT2D eigenvalue weighted by molar-refractivity contribution is -0.136. The summed E-state index contributed by atoms with van der Waals surface area (Å²) in [5.74, 6) is -0.341. The molecule has 4 atom stereocenters. The Balaban J connectivity index is 2.01. The minimum absolute atomic E-state index is 0.127. The molecule has 2 aliphatic heterocycles. The van der Waals surface area contributed by atoms with Crippen LogP contribution in [0.2, 0.25) is 0 Å². The van der Waals surface area contributed by atoms with Crippen molar-refractivity contribution in [2.45, 2.75) is 64.8 Å². The number of ether oxygens (including phenoxy) is 1. The fraction of sp³-hybridized carbons (Fsp3) is 0.452. The Morgan fingerprint density at radius 3 is 2.23 bits per heavy atom. The molecule has 0 spiro atoms. The molecule has 2 aromatic carbocycles. The second kappa shape index (κ2) is 13.9. The third kappa shape index (κ3) is 8.68. The first-order valence-electron chi connectivity index (χ1n) is 13.6. The van der Waals surface area contributed by atoms with E-state index in [-0.39, 0.29) is 23.7 Å². The van der Waals surface area contributed by atoms with E-state index < -0.39 is 30.1 Å². The Morgan fingerprint density at radius 2 is 1.64 bits per heavy atom. The van der Waals surface area contributed by atoms with Gasteiger partial charge in [0, 0.05) is 12.6 Å². The zero-order chi connectivity index (χ0) is 28.5. The van der Waals surface area contributed by atoms with Crippen LogP contribution in [0.3, 0.4) is 0 Å². The summed E-state index contributed by atoms with van der Waals surface area (Å²) >= 11 is 0. The number of nitrogens with one attached hydrogen (secondary N) is 3. The summed E-state index contributed by atoms with van der Waals surface area (Å²) in [6.07, 6.45) is 3.60. The van der Waals surface area contributed by atoms with Crippen LogP contribution in [0.15, 0.2) is 60.8 Å². The number of nitrogens with zero attached hydrogens (tertiary/aromatic N) is 1. The van der Waals surface area contributed by atoms with Gasteiger partial charge in [0.05, 0.1) is 6.04 Å². The van der Waals surface area contributed by atoms with Gasteiger partial charge in [-0.05, 0) is 61.7 Å². The van der Waals surface area contributed by atoms with Crippen LogP contribution in [-0.2, 0) is 20.8 Å². The molecule has 0 saturated carbocycles. The van der Waals surface area contributed by atoms with E-state index in [9.17, 15) is 14.4 Å². The van der Waals surface area contributed by atoms with Crippen molar-refractivity contribution in [3.63, 3.8) is 0 Å². The molecule has 0 aliphatic carbocycles. The van der Waals surface area contributed by atoms with Crippen molar-refractivity contribution >= 4 is 23.8 Å². The Bertz CT molecular complexity index is 1130. The zero-order valence-electron chi connectivity index (χ0n) is 23.8. The molecule has 0 aromatic heterocycles. The Hall–Kier alpha value is -3.65. The molecule has 2 bridgehead atoms. The maximum atomic E-state index is 13.9. The highest BCUT2D eigenvalue weighted by atomic mass is 16.5. The topological polar surface area (TPSA) is 99.8 Å². The fourth-order valence-electron chi connectivity index (χ4n) is 4.59. The van der Waals surface area contributed by atoms with Crippen LogP contribution in [0.4, 0.5) is 0 Å². The van der Waals surface area contributed by atoms with E-state index in [1.807, 2.05) is 87.4 Å². The number of carbonyl (C=O) groups excluding carboxylic acids is 3. The lowest BCUT2D eigenvalue weighted by atomic mass is 9.96. The third-order valence-corrected chi connectivity index (χ3v) is 6.76. The normalized spacial score (nSPS) is 20.8. The number of rotatable bonds is 8. The molecule has 0 radical (unpaired) electrons. The van der Waals surface area contributed by atoms with Crippen molar-refractivity contribution in [2.75, 3.05) is 14.1 Å². The van der Waals surface area contributed by atoms with Crippen LogP contribution in [0.25, 0.3) is 6.08 Å². The lowest BCUT2D eigenvalue weighted by Gasteiger charge is -2.34.